The Kier molecular flexibility index (Phi) is 3.00. The van der Waals surface area contributed by atoms with Gasteiger partial charge in [0, 0.05) is 6.20 Å². The van der Waals surface area contributed by atoms with Gasteiger partial charge in [-0.05, 0) is 6.92 Å². The molecule has 0 unspecified atom stereocenters. The predicted octanol–water partition coefficient (Wildman–Crippen LogP) is 1.81. The Morgan fingerprint density at radius 1 is 1.56 bits per heavy atom. The number of aromatic nitrogens is 1. The number of Topliss-reactive ketones (excluding diaryl/α,β-unsaturated/α-hetero) is 1. The van der Waals surface area contributed by atoms with E-state index in [9.17, 15) is 13.6 Å². The number of carbonyl (C=O) groups is 1. The first-order chi connectivity index (χ1) is 7.53. The van der Waals surface area contributed by atoms with Gasteiger partial charge in [0.2, 0.25) is 5.79 Å². The second-order valence-corrected chi connectivity index (χ2v) is 4.37. The van der Waals surface area contributed by atoms with E-state index in [-0.39, 0.29) is 5.01 Å². The molecule has 1 aliphatic rings. The number of carbonyl (C=O) groups excluding carboxylic acids is 1. The third-order valence-corrected chi connectivity index (χ3v) is 3.40. The lowest BCUT2D eigenvalue weighted by atomic mass is 10.3. The zero-order valence-corrected chi connectivity index (χ0v) is 9.22. The fraction of sp³-hybridized carbons (Fsp3) is 0.556. The smallest absolute Gasteiger partial charge is 0.303 e. The number of ketones is 1. The number of halogens is 2. The van der Waals surface area contributed by atoms with Crippen molar-refractivity contribution in [3.8, 4) is 0 Å². The molecule has 7 heteroatoms. The lowest BCUT2D eigenvalue weighted by Gasteiger charge is -2.19. The van der Waals surface area contributed by atoms with Crippen molar-refractivity contribution in [1.82, 2.24) is 4.98 Å². The first kappa shape index (κ1) is 11.6. The van der Waals surface area contributed by atoms with Gasteiger partial charge in [-0.25, -0.2) is 13.8 Å². The maximum atomic E-state index is 12.2. The maximum Gasteiger partial charge on any atom is 0.303 e. The first-order valence-corrected chi connectivity index (χ1v) is 5.41. The number of alkyl halides is 2. The number of hydrogen-bond donors (Lipinski definition) is 0. The standard InChI is InChI=1S/C9H9F2NO3S/c1-9(14-2-3-15-9)5-4-12-8(16-5)6(13)7(10)11/h4,7H,2-3H2,1H3. The molecule has 0 radical (unpaired) electrons. The van der Waals surface area contributed by atoms with Crippen LogP contribution in [0, 0.1) is 0 Å². The molecule has 4 nitrogen and oxygen atoms in total. The summed E-state index contributed by atoms with van der Waals surface area (Å²) in [6, 6.07) is 0. The number of hydrogen-bond acceptors (Lipinski definition) is 5. The van der Waals surface area contributed by atoms with Crippen LogP contribution in [0.4, 0.5) is 8.78 Å². The van der Waals surface area contributed by atoms with Crippen molar-refractivity contribution in [2.24, 2.45) is 0 Å². The SMILES string of the molecule is CC1(c2cnc(C(=O)C(F)F)s2)OCCO1. The van der Waals surface area contributed by atoms with Crippen molar-refractivity contribution in [2.75, 3.05) is 13.2 Å². The summed E-state index contributed by atoms with van der Waals surface area (Å²) in [5, 5.41) is -0.217. The molecule has 0 atom stereocenters. The Hall–Kier alpha value is -0.920. The van der Waals surface area contributed by atoms with Crippen LogP contribution in [0.3, 0.4) is 0 Å². The number of nitrogens with zero attached hydrogens (tertiary/aromatic N) is 1. The van der Waals surface area contributed by atoms with Gasteiger partial charge < -0.3 is 9.47 Å². The lowest BCUT2D eigenvalue weighted by molar-refractivity contribution is -0.147. The van der Waals surface area contributed by atoms with E-state index in [2.05, 4.69) is 4.98 Å². The van der Waals surface area contributed by atoms with E-state index in [1.807, 2.05) is 0 Å². The average molecular weight is 249 g/mol. The normalized spacial score (nSPS) is 19.2. The molecule has 1 fully saturated rings. The van der Waals surface area contributed by atoms with Crippen LogP contribution in [0.1, 0.15) is 21.6 Å². The van der Waals surface area contributed by atoms with E-state index in [0.717, 1.165) is 11.3 Å². The molecule has 88 valence electrons. The molecule has 2 heterocycles. The summed E-state index contributed by atoms with van der Waals surface area (Å²) < 4.78 is 35.0. The highest BCUT2D eigenvalue weighted by molar-refractivity contribution is 7.13. The summed E-state index contributed by atoms with van der Waals surface area (Å²) >= 11 is 0.875. The molecule has 0 bridgehead atoms. The molecule has 2 rings (SSSR count). The minimum atomic E-state index is -3.03. The second kappa shape index (κ2) is 4.15. The summed E-state index contributed by atoms with van der Waals surface area (Å²) in [5.74, 6) is -2.23. The van der Waals surface area contributed by atoms with Gasteiger partial charge in [0.1, 0.15) is 0 Å². The fourth-order valence-corrected chi connectivity index (χ4v) is 2.26. The van der Waals surface area contributed by atoms with Crippen LogP contribution in [-0.4, -0.2) is 30.4 Å². The van der Waals surface area contributed by atoms with Crippen LogP contribution >= 0.6 is 11.3 Å². The van der Waals surface area contributed by atoms with Gasteiger partial charge in [0.15, 0.2) is 5.01 Å². The van der Waals surface area contributed by atoms with E-state index >= 15 is 0 Å². The van der Waals surface area contributed by atoms with Crippen molar-refractivity contribution >= 4 is 17.1 Å². The summed E-state index contributed by atoms with van der Waals surface area (Å²) in [6.07, 6.45) is -1.69. The molecule has 1 saturated heterocycles. The lowest BCUT2D eigenvalue weighted by Crippen LogP contribution is -2.20. The summed E-state index contributed by atoms with van der Waals surface area (Å²) in [5.41, 5.74) is 0. The van der Waals surface area contributed by atoms with Crippen molar-refractivity contribution in [2.45, 2.75) is 19.1 Å². The number of ether oxygens (including phenoxy) is 2. The quantitative estimate of drug-likeness (QED) is 0.766. The largest absolute Gasteiger partial charge is 0.343 e. The third kappa shape index (κ3) is 1.98. The molecule has 1 aromatic rings. The minimum absolute atomic E-state index is 0.217. The third-order valence-electron chi connectivity index (χ3n) is 2.20. The van der Waals surface area contributed by atoms with Crippen LogP contribution in [-0.2, 0) is 15.3 Å². The minimum Gasteiger partial charge on any atom is -0.343 e. The van der Waals surface area contributed by atoms with E-state index in [0.29, 0.717) is 18.1 Å². The van der Waals surface area contributed by atoms with Crippen LogP contribution in [0.5, 0.6) is 0 Å². The average Bonchev–Trinajstić information content (AvgIpc) is 2.85. The Morgan fingerprint density at radius 2 is 2.19 bits per heavy atom. The monoisotopic (exact) mass is 249 g/mol. The maximum absolute atomic E-state index is 12.2. The Morgan fingerprint density at radius 3 is 2.75 bits per heavy atom. The number of thiazole rings is 1. The predicted molar refractivity (Wildman–Crippen MR) is 51.7 cm³/mol. The van der Waals surface area contributed by atoms with Crippen molar-refractivity contribution in [3.63, 3.8) is 0 Å². The van der Waals surface area contributed by atoms with Gasteiger partial charge in [-0.3, -0.25) is 4.79 Å². The molecule has 0 amide bonds. The van der Waals surface area contributed by atoms with Crippen LogP contribution in [0.25, 0.3) is 0 Å². The summed E-state index contributed by atoms with van der Waals surface area (Å²) in [6.45, 7) is 2.54. The van der Waals surface area contributed by atoms with Gasteiger partial charge in [-0.15, -0.1) is 11.3 Å². The highest BCUT2D eigenvalue weighted by Crippen LogP contribution is 2.34. The van der Waals surface area contributed by atoms with Gasteiger partial charge in [0.05, 0.1) is 18.1 Å². The van der Waals surface area contributed by atoms with E-state index < -0.39 is 18.0 Å². The van der Waals surface area contributed by atoms with E-state index in [4.69, 9.17) is 9.47 Å². The molecule has 1 aromatic heterocycles. The van der Waals surface area contributed by atoms with Gasteiger partial charge in [0.25, 0.3) is 5.78 Å². The van der Waals surface area contributed by atoms with E-state index in [1.54, 1.807) is 6.92 Å². The van der Waals surface area contributed by atoms with Crippen molar-refractivity contribution < 1.29 is 23.0 Å². The Bertz CT molecular complexity index is 401. The first-order valence-electron chi connectivity index (χ1n) is 4.59. The van der Waals surface area contributed by atoms with Crippen LogP contribution in [0.15, 0.2) is 6.20 Å². The molecule has 1 aliphatic heterocycles. The molecule has 0 saturated carbocycles. The summed E-state index contributed by atoms with van der Waals surface area (Å²) in [4.78, 5) is 15.2. The highest BCUT2D eigenvalue weighted by Gasteiger charge is 2.36. The Balaban J connectivity index is 2.22. The topological polar surface area (TPSA) is 48.4 Å². The van der Waals surface area contributed by atoms with Crippen molar-refractivity contribution in [3.05, 3.63) is 16.1 Å². The number of rotatable bonds is 3. The fourth-order valence-electron chi connectivity index (χ4n) is 1.35. The molecule has 16 heavy (non-hydrogen) atoms. The van der Waals surface area contributed by atoms with Crippen molar-refractivity contribution in [1.29, 1.82) is 0 Å². The van der Waals surface area contributed by atoms with Gasteiger partial charge in [-0.1, -0.05) is 0 Å². The van der Waals surface area contributed by atoms with Crippen LogP contribution in [0.2, 0.25) is 0 Å². The van der Waals surface area contributed by atoms with E-state index in [1.165, 1.54) is 6.20 Å². The second-order valence-electron chi connectivity index (χ2n) is 3.34. The van der Waals surface area contributed by atoms with Crippen LogP contribution < -0.4 is 0 Å². The molecular weight excluding hydrogens is 240 g/mol. The molecule has 0 aliphatic carbocycles. The van der Waals surface area contributed by atoms with Gasteiger partial charge >= 0.3 is 6.43 Å². The van der Waals surface area contributed by atoms with Gasteiger partial charge in [-0.2, -0.15) is 0 Å². The molecule has 0 spiro atoms. The zero-order chi connectivity index (χ0) is 11.8. The molecular formula is C9H9F2NO3S. The highest BCUT2D eigenvalue weighted by atomic mass is 32.1. The molecule has 0 aromatic carbocycles. The summed E-state index contributed by atoms with van der Waals surface area (Å²) in [7, 11) is 0. The Labute approximate surface area is 94.2 Å². The zero-order valence-electron chi connectivity index (χ0n) is 8.41. The molecule has 0 N–H and O–H groups in total.